The minimum atomic E-state index is -0.190. The zero-order chi connectivity index (χ0) is 12.3. The topological polar surface area (TPSA) is 54.3 Å². The van der Waals surface area contributed by atoms with E-state index in [4.69, 9.17) is 5.11 Å². The van der Waals surface area contributed by atoms with Crippen LogP contribution in [0.5, 0.6) is 0 Å². The predicted octanol–water partition coefficient (Wildman–Crippen LogP) is 1.33. The number of aliphatic hydroxyl groups excluding tert-OH is 1. The summed E-state index contributed by atoms with van der Waals surface area (Å²) in [6.45, 7) is 2.03. The predicted molar refractivity (Wildman–Crippen MR) is 65.5 cm³/mol. The third-order valence-corrected chi connectivity index (χ3v) is 3.41. The van der Waals surface area contributed by atoms with E-state index < -0.39 is 0 Å². The van der Waals surface area contributed by atoms with Crippen molar-refractivity contribution in [2.24, 2.45) is 5.92 Å². The minimum absolute atomic E-state index is 0.0338. The molecule has 0 bridgehead atoms. The van der Waals surface area contributed by atoms with E-state index >= 15 is 0 Å². The van der Waals surface area contributed by atoms with Gasteiger partial charge in [-0.3, -0.25) is 4.79 Å². The van der Waals surface area contributed by atoms with Crippen molar-refractivity contribution in [1.29, 1.82) is 0 Å². The molecule has 0 radical (unpaired) electrons. The van der Waals surface area contributed by atoms with E-state index in [0.717, 1.165) is 0 Å². The molecule has 2 rings (SSSR count). The van der Waals surface area contributed by atoms with E-state index in [1.807, 2.05) is 36.0 Å². The van der Waals surface area contributed by atoms with Gasteiger partial charge >= 0.3 is 0 Å². The number of hydrogen-bond acceptors (Lipinski definition) is 2. The Balaban J connectivity index is 1.90. The minimum Gasteiger partial charge on any atom is -0.396 e. The van der Waals surface area contributed by atoms with Crippen molar-refractivity contribution in [3.05, 3.63) is 24.5 Å². The number of amides is 1. The van der Waals surface area contributed by atoms with Crippen LogP contribution in [0.3, 0.4) is 0 Å². The highest BCUT2D eigenvalue weighted by Gasteiger charge is 2.32. The fourth-order valence-corrected chi connectivity index (χ4v) is 2.11. The lowest BCUT2D eigenvalue weighted by Crippen LogP contribution is -2.40. The third-order valence-electron chi connectivity index (χ3n) is 3.41. The summed E-state index contributed by atoms with van der Waals surface area (Å²) in [6, 6.07) is 3.78. The molecule has 0 aliphatic heterocycles. The van der Waals surface area contributed by atoms with Gasteiger partial charge in [-0.2, -0.15) is 0 Å². The Morgan fingerprint density at radius 2 is 2.12 bits per heavy atom. The number of hydrogen-bond donors (Lipinski definition) is 2. The van der Waals surface area contributed by atoms with Gasteiger partial charge in [0.25, 0.3) is 0 Å². The number of carbonyl (C=O) groups is 1. The fourth-order valence-electron chi connectivity index (χ4n) is 2.11. The molecule has 1 saturated carbocycles. The third kappa shape index (κ3) is 3.09. The van der Waals surface area contributed by atoms with Crippen LogP contribution < -0.4 is 5.32 Å². The van der Waals surface area contributed by atoms with Crippen LogP contribution in [-0.2, 0) is 4.79 Å². The Labute approximate surface area is 102 Å². The Bertz CT molecular complexity index is 358. The van der Waals surface area contributed by atoms with Gasteiger partial charge in [0.1, 0.15) is 6.04 Å². The van der Waals surface area contributed by atoms with Crippen molar-refractivity contribution in [2.75, 3.05) is 6.61 Å². The van der Waals surface area contributed by atoms with Crippen molar-refractivity contribution in [2.45, 2.75) is 38.3 Å². The van der Waals surface area contributed by atoms with Gasteiger partial charge in [0.2, 0.25) is 5.91 Å². The zero-order valence-corrected chi connectivity index (χ0v) is 10.2. The van der Waals surface area contributed by atoms with Crippen LogP contribution in [0.4, 0.5) is 0 Å². The molecule has 1 amide bonds. The van der Waals surface area contributed by atoms with Crippen molar-refractivity contribution in [3.8, 4) is 0 Å². The van der Waals surface area contributed by atoms with E-state index in [1.165, 1.54) is 12.8 Å². The first-order chi connectivity index (χ1) is 8.22. The second kappa shape index (κ2) is 5.36. The normalized spacial score (nSPS) is 18.7. The number of nitrogens with one attached hydrogen (secondary N) is 1. The number of aromatic nitrogens is 1. The lowest BCUT2D eigenvalue weighted by atomic mass is 10.1. The van der Waals surface area contributed by atoms with Gasteiger partial charge in [-0.1, -0.05) is 0 Å². The molecule has 1 aliphatic carbocycles. The molecule has 0 aromatic carbocycles. The van der Waals surface area contributed by atoms with Gasteiger partial charge in [-0.25, -0.2) is 0 Å². The summed E-state index contributed by atoms with van der Waals surface area (Å²) in [6.07, 6.45) is 6.78. The van der Waals surface area contributed by atoms with E-state index in [-0.39, 0.29) is 24.6 Å². The quantitative estimate of drug-likeness (QED) is 0.783. The Kier molecular flexibility index (Phi) is 3.84. The Hall–Kier alpha value is -1.29. The molecule has 4 heteroatoms. The standard InChI is InChI=1S/C13H20N2O2/c1-10(15-7-2-3-8-15)13(17)14-12(6-9-16)11-4-5-11/h2-3,7-8,10-12,16H,4-6,9H2,1H3,(H,14,17). The first-order valence-electron chi connectivity index (χ1n) is 6.26. The summed E-state index contributed by atoms with van der Waals surface area (Å²) in [7, 11) is 0. The van der Waals surface area contributed by atoms with Gasteiger partial charge < -0.3 is 15.0 Å². The van der Waals surface area contributed by atoms with Gasteiger partial charge in [0.15, 0.2) is 0 Å². The number of nitrogens with zero attached hydrogens (tertiary/aromatic N) is 1. The van der Waals surface area contributed by atoms with Crippen molar-refractivity contribution < 1.29 is 9.90 Å². The highest BCUT2D eigenvalue weighted by Crippen LogP contribution is 2.34. The molecule has 2 unspecified atom stereocenters. The lowest BCUT2D eigenvalue weighted by Gasteiger charge is -2.21. The molecular formula is C13H20N2O2. The number of carbonyl (C=O) groups excluding carboxylic acids is 1. The first kappa shape index (κ1) is 12.2. The maximum absolute atomic E-state index is 12.0. The SMILES string of the molecule is CC(C(=O)NC(CCO)C1CC1)n1cccc1. The van der Waals surface area contributed by atoms with Crippen LogP contribution in [0.15, 0.2) is 24.5 Å². The molecule has 1 fully saturated rings. The van der Waals surface area contributed by atoms with Gasteiger partial charge in [0, 0.05) is 25.0 Å². The van der Waals surface area contributed by atoms with Gasteiger partial charge in [0.05, 0.1) is 0 Å². The van der Waals surface area contributed by atoms with Crippen molar-refractivity contribution >= 4 is 5.91 Å². The van der Waals surface area contributed by atoms with Crippen LogP contribution in [0.1, 0.15) is 32.2 Å². The molecular weight excluding hydrogens is 216 g/mol. The highest BCUT2D eigenvalue weighted by molar-refractivity contribution is 5.80. The monoisotopic (exact) mass is 236 g/mol. The molecule has 0 spiro atoms. The highest BCUT2D eigenvalue weighted by atomic mass is 16.3. The summed E-state index contributed by atoms with van der Waals surface area (Å²) >= 11 is 0. The molecule has 0 saturated heterocycles. The average molecular weight is 236 g/mol. The van der Waals surface area contributed by atoms with Gasteiger partial charge in [-0.05, 0) is 44.2 Å². The van der Waals surface area contributed by atoms with Crippen LogP contribution in [0.2, 0.25) is 0 Å². The summed E-state index contributed by atoms with van der Waals surface area (Å²) in [4.78, 5) is 12.0. The molecule has 2 atom stereocenters. The summed E-state index contributed by atoms with van der Waals surface area (Å²) in [5.74, 6) is 0.606. The largest absolute Gasteiger partial charge is 0.396 e. The zero-order valence-electron chi connectivity index (χ0n) is 10.2. The maximum Gasteiger partial charge on any atom is 0.242 e. The van der Waals surface area contributed by atoms with E-state index in [0.29, 0.717) is 12.3 Å². The van der Waals surface area contributed by atoms with Crippen molar-refractivity contribution in [1.82, 2.24) is 9.88 Å². The molecule has 1 aromatic heterocycles. The van der Waals surface area contributed by atoms with Crippen molar-refractivity contribution in [3.63, 3.8) is 0 Å². The van der Waals surface area contributed by atoms with E-state index in [9.17, 15) is 4.79 Å². The summed E-state index contributed by atoms with van der Waals surface area (Å²) in [5, 5.41) is 12.0. The molecule has 2 N–H and O–H groups in total. The maximum atomic E-state index is 12.0. The first-order valence-corrected chi connectivity index (χ1v) is 6.26. The fraction of sp³-hybridized carbons (Fsp3) is 0.615. The Morgan fingerprint density at radius 3 is 2.65 bits per heavy atom. The van der Waals surface area contributed by atoms with Crippen LogP contribution in [0.25, 0.3) is 0 Å². The molecule has 17 heavy (non-hydrogen) atoms. The van der Waals surface area contributed by atoms with E-state index in [2.05, 4.69) is 5.32 Å². The second-order valence-corrected chi connectivity index (χ2v) is 4.77. The number of aliphatic hydroxyl groups is 1. The van der Waals surface area contributed by atoms with Crippen LogP contribution in [0, 0.1) is 5.92 Å². The molecule has 1 aliphatic rings. The Morgan fingerprint density at radius 1 is 1.47 bits per heavy atom. The summed E-state index contributed by atoms with van der Waals surface area (Å²) < 4.78 is 1.89. The smallest absolute Gasteiger partial charge is 0.242 e. The molecule has 1 aromatic rings. The second-order valence-electron chi connectivity index (χ2n) is 4.77. The van der Waals surface area contributed by atoms with Crippen LogP contribution in [-0.4, -0.2) is 28.2 Å². The lowest BCUT2D eigenvalue weighted by molar-refractivity contribution is -0.124. The molecule has 1 heterocycles. The van der Waals surface area contributed by atoms with E-state index in [1.54, 1.807) is 0 Å². The van der Waals surface area contributed by atoms with Crippen LogP contribution >= 0.6 is 0 Å². The molecule has 4 nitrogen and oxygen atoms in total. The molecule has 94 valence electrons. The average Bonchev–Trinajstić information content (AvgIpc) is 3.03. The van der Waals surface area contributed by atoms with Gasteiger partial charge in [-0.15, -0.1) is 0 Å². The summed E-state index contributed by atoms with van der Waals surface area (Å²) in [5.41, 5.74) is 0. The number of rotatable bonds is 6.